The molecule has 2 N–H and O–H groups in total. The van der Waals surface area contributed by atoms with Crippen molar-refractivity contribution in [3.05, 3.63) is 47.9 Å². The third kappa shape index (κ3) is 10.00. The number of benzene rings is 1. The zero-order valence-electron chi connectivity index (χ0n) is 30.6. The van der Waals surface area contributed by atoms with Crippen molar-refractivity contribution in [3.63, 3.8) is 0 Å². The highest BCUT2D eigenvalue weighted by Gasteiger charge is 2.27. The predicted octanol–water partition coefficient (Wildman–Crippen LogP) is 8.18. The van der Waals surface area contributed by atoms with Gasteiger partial charge in [-0.05, 0) is 66.7 Å². The lowest BCUT2D eigenvalue weighted by molar-refractivity contribution is 0.0541. The molecule has 0 saturated heterocycles. The van der Waals surface area contributed by atoms with Gasteiger partial charge in [0.1, 0.15) is 34.3 Å². The molecule has 0 atom stereocenters. The molecule has 0 saturated carbocycles. The fourth-order valence-electron chi connectivity index (χ4n) is 4.72. The van der Waals surface area contributed by atoms with Crippen molar-refractivity contribution in [2.24, 2.45) is 0 Å². The molecule has 49 heavy (non-hydrogen) atoms. The highest BCUT2D eigenvalue weighted by molar-refractivity contribution is 6.16. The molecular formula is C35H49FN8O5. The Balaban J connectivity index is 0.00000157. The van der Waals surface area contributed by atoms with E-state index in [9.17, 15) is 9.59 Å². The van der Waals surface area contributed by atoms with Gasteiger partial charge in [-0.3, -0.25) is 10.2 Å². The molecule has 0 bridgehead atoms. The van der Waals surface area contributed by atoms with Crippen molar-refractivity contribution in [2.45, 2.75) is 93.8 Å². The molecule has 1 aliphatic heterocycles. The van der Waals surface area contributed by atoms with Crippen LogP contribution in [-0.2, 0) is 9.47 Å². The quantitative estimate of drug-likeness (QED) is 0.211. The minimum Gasteiger partial charge on any atom is -0.444 e. The van der Waals surface area contributed by atoms with Crippen molar-refractivity contribution in [3.8, 4) is 11.8 Å². The molecule has 1 aromatic carbocycles. The SMILES string of the molecule is CC.CC.Cc1ncc(Oc2nc(N3CC=C(NC(=O)OC(C)(C)C)CC3)c3c(n2)[nH]c2c(N(C)C(=O)OC(C)(C)C)cc(F)cc23)cn1. The Bertz CT molecular complexity index is 1790. The Kier molecular flexibility index (Phi) is 12.5. The molecule has 3 aromatic heterocycles. The normalized spacial score (nSPS) is 13.0. The number of halogens is 1. The Labute approximate surface area is 287 Å². The summed E-state index contributed by atoms with van der Waals surface area (Å²) in [6, 6.07) is 2.64. The Morgan fingerprint density at radius 2 is 1.61 bits per heavy atom. The van der Waals surface area contributed by atoms with E-state index in [2.05, 4.69) is 25.3 Å². The van der Waals surface area contributed by atoms with Gasteiger partial charge in [-0.15, -0.1) is 0 Å². The Morgan fingerprint density at radius 3 is 2.18 bits per heavy atom. The maximum Gasteiger partial charge on any atom is 0.414 e. The second kappa shape index (κ2) is 15.9. The second-order valence-corrected chi connectivity index (χ2v) is 12.7. The van der Waals surface area contributed by atoms with Gasteiger partial charge in [0, 0.05) is 37.6 Å². The van der Waals surface area contributed by atoms with Crippen molar-refractivity contribution < 1.29 is 28.2 Å². The Hall–Kier alpha value is -5.01. The van der Waals surface area contributed by atoms with E-state index in [-0.39, 0.29) is 11.7 Å². The fraction of sp³-hybridized carbons (Fsp3) is 0.486. The van der Waals surface area contributed by atoms with Crippen molar-refractivity contribution >= 4 is 45.6 Å². The van der Waals surface area contributed by atoms with E-state index in [4.69, 9.17) is 19.2 Å². The third-order valence-electron chi connectivity index (χ3n) is 6.63. The second-order valence-electron chi connectivity index (χ2n) is 12.7. The average molecular weight is 681 g/mol. The number of H-pyrrole nitrogens is 1. The highest BCUT2D eigenvalue weighted by atomic mass is 19.1. The summed E-state index contributed by atoms with van der Waals surface area (Å²) in [4.78, 5) is 49.4. The van der Waals surface area contributed by atoms with Crippen LogP contribution in [0.3, 0.4) is 0 Å². The summed E-state index contributed by atoms with van der Waals surface area (Å²) in [6.07, 6.45) is 4.21. The van der Waals surface area contributed by atoms with Crippen LogP contribution < -0.4 is 19.9 Å². The lowest BCUT2D eigenvalue weighted by Gasteiger charge is -2.29. The molecule has 5 rings (SSSR count). The number of nitrogens with one attached hydrogen (secondary N) is 2. The first-order chi connectivity index (χ1) is 23.1. The van der Waals surface area contributed by atoms with Gasteiger partial charge in [-0.2, -0.15) is 9.97 Å². The number of ether oxygens (including phenoxy) is 3. The van der Waals surface area contributed by atoms with Crippen LogP contribution in [0.5, 0.6) is 11.8 Å². The zero-order chi connectivity index (χ0) is 36.7. The summed E-state index contributed by atoms with van der Waals surface area (Å²) < 4.78 is 32.0. The number of aromatic amines is 1. The van der Waals surface area contributed by atoms with Crippen LogP contribution in [0.15, 0.2) is 36.3 Å². The number of rotatable bonds is 5. The van der Waals surface area contributed by atoms with Crippen LogP contribution in [0.25, 0.3) is 21.9 Å². The van der Waals surface area contributed by atoms with Crippen LogP contribution >= 0.6 is 0 Å². The van der Waals surface area contributed by atoms with E-state index in [1.165, 1.54) is 36.5 Å². The number of aromatic nitrogens is 5. The van der Waals surface area contributed by atoms with Gasteiger partial charge in [0.25, 0.3) is 0 Å². The van der Waals surface area contributed by atoms with Crippen LogP contribution in [0.1, 0.15) is 81.5 Å². The van der Waals surface area contributed by atoms with Crippen molar-refractivity contribution in [1.29, 1.82) is 0 Å². The number of hydrogen-bond acceptors (Lipinski definition) is 10. The minimum atomic E-state index is -0.748. The maximum atomic E-state index is 15.2. The molecule has 4 heterocycles. The first-order valence-electron chi connectivity index (χ1n) is 16.5. The van der Waals surface area contributed by atoms with Gasteiger partial charge in [0.2, 0.25) is 0 Å². The first-order valence-corrected chi connectivity index (χ1v) is 16.5. The number of anilines is 2. The largest absolute Gasteiger partial charge is 0.444 e. The van der Waals surface area contributed by atoms with Crippen LogP contribution in [0.4, 0.5) is 25.5 Å². The smallest absolute Gasteiger partial charge is 0.414 e. The molecule has 0 unspecified atom stereocenters. The van der Waals surface area contributed by atoms with Crippen molar-refractivity contribution in [1.82, 2.24) is 30.2 Å². The molecule has 0 spiro atoms. The number of aryl methyl sites for hydroxylation is 1. The topological polar surface area (TPSA) is 148 Å². The minimum absolute atomic E-state index is 0.0145. The molecular weight excluding hydrogens is 631 g/mol. The van der Waals surface area contributed by atoms with Crippen LogP contribution in [0, 0.1) is 12.7 Å². The van der Waals surface area contributed by atoms with E-state index >= 15 is 4.39 Å². The molecule has 1 aliphatic rings. The van der Waals surface area contributed by atoms with Crippen molar-refractivity contribution in [2.75, 3.05) is 29.9 Å². The van der Waals surface area contributed by atoms with E-state index in [0.717, 1.165) is 0 Å². The molecule has 0 aliphatic carbocycles. The molecule has 0 fully saturated rings. The van der Waals surface area contributed by atoms with Gasteiger partial charge in [0.05, 0.1) is 29.0 Å². The molecule has 14 heteroatoms. The maximum absolute atomic E-state index is 15.2. The fourth-order valence-corrected chi connectivity index (χ4v) is 4.72. The van der Waals surface area contributed by atoms with Gasteiger partial charge >= 0.3 is 18.2 Å². The number of alkyl carbamates (subject to hydrolysis) is 1. The number of carbonyl (C=O) groups excluding carboxylic acids is 2. The molecule has 13 nitrogen and oxygen atoms in total. The van der Waals surface area contributed by atoms with E-state index in [0.29, 0.717) is 64.5 Å². The monoisotopic (exact) mass is 680 g/mol. The van der Waals surface area contributed by atoms with Gasteiger partial charge < -0.3 is 24.1 Å². The highest BCUT2D eigenvalue weighted by Crippen LogP contribution is 2.39. The lowest BCUT2D eigenvalue weighted by Crippen LogP contribution is -2.36. The standard InChI is InChI=1S/C31H37FN8O5.2C2H6/c1-17-33-15-20(16-34-17)43-27-37-25-23(26(38-27)40-11-9-19(10-12-40)35-28(41)44-30(2,3)4)21-13-18(32)14-22(24(21)36-25)39(8)29(42)45-31(5,6)7;2*1-2/h9,13-16H,10-12H2,1-8H3,(H,35,41)(H,36,37,38);2*1-2H3. The van der Waals surface area contributed by atoms with E-state index in [1.54, 1.807) is 48.5 Å². The first kappa shape index (κ1) is 38.4. The average Bonchev–Trinajstić information content (AvgIpc) is 3.40. The summed E-state index contributed by atoms with van der Waals surface area (Å²) >= 11 is 0. The molecule has 2 amide bonds. The number of amides is 2. The predicted molar refractivity (Wildman–Crippen MR) is 190 cm³/mol. The summed E-state index contributed by atoms with van der Waals surface area (Å²) in [5.74, 6) is 0.827. The van der Waals surface area contributed by atoms with Crippen LogP contribution in [0.2, 0.25) is 0 Å². The summed E-state index contributed by atoms with van der Waals surface area (Å²) in [7, 11) is 1.51. The summed E-state index contributed by atoms with van der Waals surface area (Å²) in [5, 5.41) is 3.81. The Morgan fingerprint density at radius 1 is 0.980 bits per heavy atom. The number of carbonyl (C=O) groups is 2. The molecule has 4 aromatic rings. The third-order valence-corrected chi connectivity index (χ3v) is 6.63. The van der Waals surface area contributed by atoms with Gasteiger partial charge in [-0.25, -0.2) is 23.9 Å². The number of hydrogen-bond donors (Lipinski definition) is 2. The van der Waals surface area contributed by atoms with E-state index < -0.39 is 29.2 Å². The van der Waals surface area contributed by atoms with Crippen LogP contribution in [-0.4, -0.2) is 68.4 Å². The summed E-state index contributed by atoms with van der Waals surface area (Å²) in [5.41, 5.74) is 0.431. The lowest BCUT2D eigenvalue weighted by atomic mass is 10.1. The molecule has 0 radical (unpaired) electrons. The number of nitrogens with zero attached hydrogens (tertiary/aromatic N) is 6. The van der Waals surface area contributed by atoms with Gasteiger partial charge in [-0.1, -0.05) is 27.7 Å². The molecule has 266 valence electrons. The van der Waals surface area contributed by atoms with Gasteiger partial charge in [0.15, 0.2) is 5.75 Å². The number of fused-ring (bicyclic) bond motifs is 3. The van der Waals surface area contributed by atoms with E-state index in [1.807, 2.05) is 38.7 Å². The summed E-state index contributed by atoms with van der Waals surface area (Å²) in [6.45, 7) is 21.3. The zero-order valence-corrected chi connectivity index (χ0v) is 30.6.